The monoisotopic (exact) mass is 599 g/mol. The lowest BCUT2D eigenvalue weighted by molar-refractivity contribution is 0.262. The average Bonchev–Trinajstić information content (AvgIpc) is 3.46. The van der Waals surface area contributed by atoms with Crippen molar-refractivity contribution < 1.29 is 4.79 Å². The van der Waals surface area contributed by atoms with Crippen LogP contribution in [0.5, 0.6) is 0 Å². The van der Waals surface area contributed by atoms with E-state index in [4.69, 9.17) is 5.10 Å². The van der Waals surface area contributed by atoms with Gasteiger partial charge in [-0.25, -0.2) is 9.48 Å². The number of benzene rings is 2. The largest absolute Gasteiger partial charge is 0.324 e. The molecule has 0 bridgehead atoms. The second kappa shape index (κ2) is 13.0. The number of anilines is 2. The molecule has 1 aliphatic rings. The third-order valence-corrected chi connectivity index (χ3v) is 8.26. The van der Waals surface area contributed by atoms with Crippen LogP contribution in [0.2, 0.25) is 0 Å². The molecule has 230 valence electrons. The summed E-state index contributed by atoms with van der Waals surface area (Å²) < 4.78 is 1.74. The minimum Gasteiger partial charge on any atom is -0.310 e. The molecule has 3 N–H and O–H groups in total. The maximum atomic E-state index is 13.5. The molecule has 45 heavy (non-hydrogen) atoms. The number of hydrogen-bond donors (Lipinski definition) is 3. The lowest BCUT2D eigenvalue weighted by atomic mass is 9.88. The lowest BCUT2D eigenvalue weighted by Crippen LogP contribution is -2.31. The summed E-state index contributed by atoms with van der Waals surface area (Å²) >= 11 is 0. The molecule has 0 spiro atoms. The molecule has 8 nitrogen and oxygen atoms in total. The van der Waals surface area contributed by atoms with E-state index in [1.54, 1.807) is 10.9 Å². The SMILES string of the molecule is Cc1ccc(-n2nc(C(C)(C)C)cc2NC(=O)Nc2ccc(C3=CC(NCCc4ccccn4)CCC3)c3ccccc23)cn1. The number of amides is 2. The quantitative estimate of drug-likeness (QED) is 0.169. The van der Waals surface area contributed by atoms with Gasteiger partial charge in [-0.1, -0.05) is 63.2 Å². The molecule has 2 aromatic carbocycles. The van der Waals surface area contributed by atoms with E-state index in [9.17, 15) is 4.79 Å². The van der Waals surface area contributed by atoms with Crippen molar-refractivity contribution in [2.24, 2.45) is 0 Å². The number of carbonyl (C=O) groups excluding carboxylic acids is 1. The van der Waals surface area contributed by atoms with Crippen molar-refractivity contribution in [3.63, 3.8) is 0 Å². The number of carbonyl (C=O) groups is 1. The van der Waals surface area contributed by atoms with Crippen LogP contribution in [0.3, 0.4) is 0 Å². The fourth-order valence-corrected chi connectivity index (χ4v) is 5.82. The van der Waals surface area contributed by atoms with Crippen molar-refractivity contribution in [2.75, 3.05) is 17.2 Å². The third kappa shape index (κ3) is 7.13. The Balaban J connectivity index is 1.21. The van der Waals surface area contributed by atoms with Crippen LogP contribution < -0.4 is 16.0 Å². The van der Waals surface area contributed by atoms with E-state index >= 15 is 0 Å². The highest BCUT2D eigenvalue weighted by atomic mass is 16.2. The molecule has 1 atom stereocenters. The summed E-state index contributed by atoms with van der Waals surface area (Å²) in [6.45, 7) is 9.15. The minimum absolute atomic E-state index is 0.191. The highest BCUT2D eigenvalue weighted by Gasteiger charge is 2.22. The molecule has 0 fully saturated rings. The van der Waals surface area contributed by atoms with Crippen LogP contribution in [0.4, 0.5) is 16.3 Å². The molecule has 1 aliphatic carbocycles. The standard InChI is InChI=1S/C37H41N7O/c1-25-15-16-29(24-40-25)44-35(23-34(43-44)37(2,3)4)42-36(45)41-33-18-17-30(31-13-5-6-14-32(31)33)26-10-9-12-28(22-26)39-21-19-27-11-7-8-20-38-27/h5-8,11,13-18,20,22-24,28,39H,9-10,12,19,21H2,1-4H3,(H2,41,42,45). The zero-order valence-corrected chi connectivity index (χ0v) is 26.5. The Morgan fingerprint density at radius 3 is 2.53 bits per heavy atom. The van der Waals surface area contributed by atoms with E-state index in [2.05, 4.69) is 83.1 Å². The number of pyridine rings is 2. The lowest BCUT2D eigenvalue weighted by Gasteiger charge is -2.24. The van der Waals surface area contributed by atoms with Gasteiger partial charge in [-0.2, -0.15) is 5.10 Å². The van der Waals surface area contributed by atoms with Crippen molar-refractivity contribution in [3.8, 4) is 5.69 Å². The molecule has 8 heteroatoms. The van der Waals surface area contributed by atoms with E-state index in [-0.39, 0.29) is 11.4 Å². The first-order valence-electron chi connectivity index (χ1n) is 15.7. The minimum atomic E-state index is -0.330. The summed E-state index contributed by atoms with van der Waals surface area (Å²) in [6.07, 6.45) is 10.2. The zero-order chi connectivity index (χ0) is 31.4. The van der Waals surface area contributed by atoms with Crippen LogP contribution >= 0.6 is 0 Å². The van der Waals surface area contributed by atoms with Crippen molar-refractivity contribution in [1.82, 2.24) is 25.1 Å². The van der Waals surface area contributed by atoms with Crippen LogP contribution in [-0.4, -0.2) is 38.4 Å². The Hall–Kier alpha value is -4.82. The van der Waals surface area contributed by atoms with E-state index in [1.807, 2.05) is 55.6 Å². The van der Waals surface area contributed by atoms with Gasteiger partial charge in [-0.3, -0.25) is 15.3 Å². The number of rotatable bonds is 8. The van der Waals surface area contributed by atoms with Gasteiger partial charge in [0.25, 0.3) is 0 Å². The Morgan fingerprint density at radius 2 is 1.78 bits per heavy atom. The molecule has 0 aliphatic heterocycles. The van der Waals surface area contributed by atoms with Gasteiger partial charge in [0.15, 0.2) is 0 Å². The molecule has 1 unspecified atom stereocenters. The fraction of sp³-hybridized carbons (Fsp3) is 0.297. The Bertz CT molecular complexity index is 1820. The number of nitrogens with one attached hydrogen (secondary N) is 3. The number of hydrogen-bond acceptors (Lipinski definition) is 5. The van der Waals surface area contributed by atoms with Gasteiger partial charge in [0.1, 0.15) is 5.82 Å². The molecular weight excluding hydrogens is 558 g/mol. The summed E-state index contributed by atoms with van der Waals surface area (Å²) in [5, 5.41) is 16.8. The number of fused-ring (bicyclic) bond motifs is 1. The molecule has 5 aromatic rings. The van der Waals surface area contributed by atoms with Gasteiger partial charge < -0.3 is 10.6 Å². The predicted octanol–water partition coefficient (Wildman–Crippen LogP) is 7.83. The second-order valence-electron chi connectivity index (χ2n) is 12.7. The van der Waals surface area contributed by atoms with Crippen LogP contribution in [0.1, 0.15) is 62.7 Å². The predicted molar refractivity (Wildman–Crippen MR) is 183 cm³/mol. The number of urea groups is 1. The molecule has 3 aromatic heterocycles. The zero-order valence-electron chi connectivity index (χ0n) is 26.5. The van der Waals surface area contributed by atoms with Crippen molar-refractivity contribution in [1.29, 1.82) is 0 Å². The summed E-state index contributed by atoms with van der Waals surface area (Å²) in [6, 6.07) is 24.3. The van der Waals surface area contributed by atoms with Crippen molar-refractivity contribution >= 4 is 33.9 Å². The number of nitrogens with zero attached hydrogens (tertiary/aromatic N) is 4. The Labute approximate surface area is 265 Å². The number of aromatic nitrogens is 4. The average molecular weight is 600 g/mol. The number of allylic oxidation sites excluding steroid dienone is 1. The highest BCUT2D eigenvalue weighted by molar-refractivity contribution is 6.08. The normalized spacial score (nSPS) is 15.1. The molecule has 0 saturated heterocycles. The van der Waals surface area contributed by atoms with Gasteiger partial charge in [0.05, 0.1) is 23.3 Å². The van der Waals surface area contributed by atoms with Gasteiger partial charge >= 0.3 is 6.03 Å². The molecule has 2 amide bonds. The first-order valence-corrected chi connectivity index (χ1v) is 15.7. The maximum absolute atomic E-state index is 13.5. The van der Waals surface area contributed by atoms with Gasteiger partial charge in [-0.15, -0.1) is 0 Å². The molecular formula is C37H41N7O. The summed E-state index contributed by atoms with van der Waals surface area (Å²) in [5.74, 6) is 0.581. The summed E-state index contributed by atoms with van der Waals surface area (Å²) in [7, 11) is 0. The van der Waals surface area contributed by atoms with Crippen LogP contribution in [0.25, 0.3) is 22.0 Å². The van der Waals surface area contributed by atoms with E-state index in [0.29, 0.717) is 11.9 Å². The van der Waals surface area contributed by atoms with Crippen LogP contribution in [-0.2, 0) is 11.8 Å². The first kappa shape index (κ1) is 30.2. The van der Waals surface area contributed by atoms with Crippen LogP contribution in [0, 0.1) is 6.92 Å². The third-order valence-electron chi connectivity index (χ3n) is 8.26. The smallest absolute Gasteiger partial charge is 0.310 e. The summed E-state index contributed by atoms with van der Waals surface area (Å²) in [4.78, 5) is 22.3. The Morgan fingerprint density at radius 1 is 0.956 bits per heavy atom. The Kier molecular flexibility index (Phi) is 8.76. The summed E-state index contributed by atoms with van der Waals surface area (Å²) in [5.41, 5.74) is 6.80. The van der Waals surface area contributed by atoms with Gasteiger partial charge in [-0.05, 0) is 73.0 Å². The molecule has 6 rings (SSSR count). The molecule has 0 saturated carbocycles. The van der Waals surface area contributed by atoms with E-state index < -0.39 is 0 Å². The first-order chi connectivity index (χ1) is 21.7. The molecule has 3 heterocycles. The number of aryl methyl sites for hydroxylation is 1. The van der Waals surface area contributed by atoms with Gasteiger partial charge in [0, 0.05) is 53.5 Å². The second-order valence-corrected chi connectivity index (χ2v) is 12.7. The van der Waals surface area contributed by atoms with Crippen molar-refractivity contribution in [3.05, 3.63) is 114 Å². The topological polar surface area (TPSA) is 96.8 Å². The maximum Gasteiger partial charge on any atom is 0.324 e. The van der Waals surface area contributed by atoms with Crippen LogP contribution in [0.15, 0.2) is 91.3 Å². The molecule has 0 radical (unpaired) electrons. The van der Waals surface area contributed by atoms with E-state index in [0.717, 1.165) is 71.5 Å². The highest BCUT2D eigenvalue weighted by Crippen LogP contribution is 2.35. The van der Waals surface area contributed by atoms with Crippen molar-refractivity contribution in [2.45, 2.75) is 64.8 Å². The van der Waals surface area contributed by atoms with E-state index in [1.165, 1.54) is 11.1 Å². The van der Waals surface area contributed by atoms with Gasteiger partial charge in [0.2, 0.25) is 0 Å². The fourth-order valence-electron chi connectivity index (χ4n) is 5.82.